The summed E-state index contributed by atoms with van der Waals surface area (Å²) in [6.45, 7) is 6.62. The number of imide groups is 2. The third kappa shape index (κ3) is 4.91. The zero-order chi connectivity index (χ0) is 26.7. The van der Waals surface area contributed by atoms with Crippen molar-refractivity contribution in [3.8, 4) is 0 Å². The van der Waals surface area contributed by atoms with Gasteiger partial charge in [-0.1, -0.05) is 26.8 Å². The van der Waals surface area contributed by atoms with Gasteiger partial charge in [-0.25, -0.2) is 32.9 Å². The maximum absolute atomic E-state index is 13.1. The third-order valence-electron chi connectivity index (χ3n) is 6.44. The number of urea groups is 1. The van der Waals surface area contributed by atoms with Crippen LogP contribution < -0.4 is 17.1 Å². The zero-order valence-electron chi connectivity index (χ0n) is 20.5. The second-order valence-corrected chi connectivity index (χ2v) is 8.54. The number of aliphatic hydroxyl groups excluding tert-OH is 2. The van der Waals surface area contributed by atoms with Gasteiger partial charge in [-0.15, -0.1) is 6.58 Å². The van der Waals surface area contributed by atoms with E-state index < -0.39 is 65.6 Å². The number of hydrogen-bond acceptors (Lipinski definition) is 8. The summed E-state index contributed by atoms with van der Waals surface area (Å²) in [5.41, 5.74) is -4.46. The van der Waals surface area contributed by atoms with Gasteiger partial charge in [0.2, 0.25) is 11.8 Å². The van der Waals surface area contributed by atoms with Crippen LogP contribution in [0.25, 0.3) is 0 Å². The monoisotopic (exact) mass is 495 g/mol. The highest BCUT2D eigenvalue weighted by atomic mass is 16.3. The Morgan fingerprint density at radius 1 is 0.800 bits per heavy atom. The number of carbonyl (C=O) groups excluding carboxylic acids is 3. The second kappa shape index (κ2) is 11.0. The van der Waals surface area contributed by atoms with Crippen LogP contribution in [0.2, 0.25) is 0 Å². The Morgan fingerprint density at radius 3 is 1.74 bits per heavy atom. The number of hydrogen-bond donors (Lipinski definition) is 2. The molecule has 0 saturated carbocycles. The molecule has 0 aliphatic carbocycles. The smallest absolute Gasteiger partial charge is 0.336 e. The molecule has 2 atom stereocenters. The average Bonchev–Trinajstić information content (AvgIpc) is 2.84. The molecule has 1 aliphatic rings. The number of carbonyl (C=O) groups is 3. The molecular formula is C22H33N5O8. The molecule has 0 aromatic carbocycles. The normalized spacial score (nSPS) is 17.6. The van der Waals surface area contributed by atoms with Crippen LogP contribution >= 0.6 is 0 Å². The molecule has 2 rings (SSSR count). The SMILES string of the molecule is C=CCn1c(=O)n(CC(O)CC)c(=O)n(CC(O)CN2C(=O)N(C)C(=O)C(CC)(CC)C2=O)c1=O. The van der Waals surface area contributed by atoms with Crippen molar-refractivity contribution in [2.24, 2.45) is 5.41 Å². The lowest BCUT2D eigenvalue weighted by Gasteiger charge is -2.42. The summed E-state index contributed by atoms with van der Waals surface area (Å²) in [4.78, 5) is 78.4. The largest absolute Gasteiger partial charge is 0.391 e. The highest BCUT2D eigenvalue weighted by molar-refractivity contribution is 6.18. The molecule has 0 radical (unpaired) electrons. The predicted octanol–water partition coefficient (Wildman–Crippen LogP) is -1.28. The topological polar surface area (TPSA) is 164 Å². The Bertz CT molecular complexity index is 1180. The molecule has 0 bridgehead atoms. The number of aliphatic hydroxyl groups is 2. The van der Waals surface area contributed by atoms with E-state index >= 15 is 0 Å². The van der Waals surface area contributed by atoms with E-state index in [1.165, 1.54) is 13.1 Å². The number of rotatable bonds is 11. The highest BCUT2D eigenvalue weighted by Gasteiger charge is 2.54. The molecule has 2 heterocycles. The van der Waals surface area contributed by atoms with Gasteiger partial charge < -0.3 is 10.2 Å². The number of β-amino-alcohol motifs (C(OH)–C–C–N with tert-alkyl or cyclic N) is 1. The van der Waals surface area contributed by atoms with E-state index in [0.717, 1.165) is 14.4 Å². The fourth-order valence-corrected chi connectivity index (χ4v) is 4.14. The lowest BCUT2D eigenvalue weighted by atomic mass is 9.78. The minimum atomic E-state index is -1.57. The van der Waals surface area contributed by atoms with Gasteiger partial charge in [-0.3, -0.25) is 19.4 Å². The predicted molar refractivity (Wildman–Crippen MR) is 125 cm³/mol. The van der Waals surface area contributed by atoms with Crippen molar-refractivity contribution in [2.45, 2.75) is 71.9 Å². The lowest BCUT2D eigenvalue weighted by Crippen LogP contribution is -2.65. The van der Waals surface area contributed by atoms with Crippen molar-refractivity contribution >= 4 is 17.8 Å². The third-order valence-corrected chi connectivity index (χ3v) is 6.44. The molecule has 1 fully saturated rings. The first-order chi connectivity index (χ1) is 16.4. The molecule has 13 nitrogen and oxygen atoms in total. The molecule has 194 valence electrons. The van der Waals surface area contributed by atoms with Crippen molar-refractivity contribution in [3.05, 3.63) is 44.1 Å². The van der Waals surface area contributed by atoms with Crippen molar-refractivity contribution in [3.63, 3.8) is 0 Å². The van der Waals surface area contributed by atoms with E-state index in [1.54, 1.807) is 20.8 Å². The lowest BCUT2D eigenvalue weighted by molar-refractivity contribution is -0.159. The van der Waals surface area contributed by atoms with Gasteiger partial charge in [0, 0.05) is 7.05 Å². The minimum Gasteiger partial charge on any atom is -0.391 e. The molecule has 1 saturated heterocycles. The van der Waals surface area contributed by atoms with Crippen molar-refractivity contribution in [1.82, 2.24) is 23.5 Å². The Balaban J connectivity index is 2.47. The van der Waals surface area contributed by atoms with Crippen LogP contribution in [0.5, 0.6) is 0 Å². The first-order valence-corrected chi connectivity index (χ1v) is 11.5. The number of amides is 4. The Morgan fingerprint density at radius 2 is 1.29 bits per heavy atom. The molecule has 35 heavy (non-hydrogen) atoms. The standard InChI is InChI=1S/C22H33N5O8/c1-6-10-24-19(33)26(11-14(28)7-2)21(35)27(20(24)34)13-15(29)12-25-17(31)22(8-3,9-4)16(30)23(5)18(25)32/h6,14-15,28-29H,1,7-13H2,2-5H3. The van der Waals surface area contributed by atoms with Gasteiger partial charge >= 0.3 is 23.1 Å². The zero-order valence-corrected chi connectivity index (χ0v) is 20.5. The number of barbiturate groups is 1. The van der Waals surface area contributed by atoms with E-state index in [-0.39, 0.29) is 32.4 Å². The summed E-state index contributed by atoms with van der Waals surface area (Å²) in [7, 11) is 1.24. The van der Waals surface area contributed by atoms with Crippen molar-refractivity contribution in [1.29, 1.82) is 0 Å². The quantitative estimate of drug-likeness (QED) is 0.283. The number of aromatic nitrogens is 3. The summed E-state index contributed by atoms with van der Waals surface area (Å²) in [5.74, 6) is -1.39. The summed E-state index contributed by atoms with van der Waals surface area (Å²) in [6, 6.07) is -0.927. The molecule has 2 N–H and O–H groups in total. The molecule has 13 heteroatoms. The molecule has 0 spiro atoms. The maximum atomic E-state index is 13.1. The molecule has 4 amide bonds. The highest BCUT2D eigenvalue weighted by Crippen LogP contribution is 2.35. The van der Waals surface area contributed by atoms with Crippen molar-refractivity contribution < 1.29 is 24.6 Å². The summed E-state index contributed by atoms with van der Waals surface area (Å²) in [5, 5.41) is 20.7. The van der Waals surface area contributed by atoms with Gasteiger partial charge in [0.15, 0.2) is 0 Å². The Hall–Kier alpha value is -3.32. The second-order valence-electron chi connectivity index (χ2n) is 8.54. The van der Waals surface area contributed by atoms with E-state index in [4.69, 9.17) is 0 Å². The van der Waals surface area contributed by atoms with Gasteiger partial charge in [-0.2, -0.15) is 0 Å². The van der Waals surface area contributed by atoms with Crippen LogP contribution in [0.15, 0.2) is 27.0 Å². The van der Waals surface area contributed by atoms with E-state index in [1.807, 2.05) is 0 Å². The fraction of sp³-hybridized carbons (Fsp3) is 0.636. The van der Waals surface area contributed by atoms with Gasteiger partial charge in [-0.05, 0) is 19.3 Å². The maximum Gasteiger partial charge on any atom is 0.336 e. The van der Waals surface area contributed by atoms with Crippen LogP contribution in [0, 0.1) is 5.41 Å². The van der Waals surface area contributed by atoms with Gasteiger partial charge in [0.05, 0.1) is 38.4 Å². The molecular weight excluding hydrogens is 462 g/mol. The number of nitrogens with zero attached hydrogens (tertiary/aromatic N) is 5. The first-order valence-electron chi connectivity index (χ1n) is 11.5. The van der Waals surface area contributed by atoms with Crippen molar-refractivity contribution in [2.75, 3.05) is 13.6 Å². The Kier molecular flexibility index (Phi) is 8.74. The van der Waals surface area contributed by atoms with Crippen LogP contribution in [0.4, 0.5) is 4.79 Å². The number of allylic oxidation sites excluding steroid dienone is 1. The van der Waals surface area contributed by atoms with Gasteiger partial charge in [0.25, 0.3) is 0 Å². The van der Waals surface area contributed by atoms with E-state index in [0.29, 0.717) is 9.13 Å². The summed E-state index contributed by atoms with van der Waals surface area (Å²) in [6.07, 6.45) is -0.788. The van der Waals surface area contributed by atoms with Crippen LogP contribution in [0.1, 0.15) is 40.0 Å². The average molecular weight is 496 g/mol. The fourth-order valence-electron chi connectivity index (χ4n) is 4.14. The van der Waals surface area contributed by atoms with E-state index in [9.17, 15) is 39.0 Å². The van der Waals surface area contributed by atoms with Gasteiger partial charge in [0.1, 0.15) is 5.41 Å². The molecule has 1 aromatic heterocycles. The first kappa shape index (κ1) is 27.9. The van der Waals surface area contributed by atoms with E-state index in [2.05, 4.69) is 6.58 Å². The minimum absolute atomic E-state index is 0.141. The molecule has 1 aromatic rings. The van der Waals surface area contributed by atoms with Crippen LogP contribution in [-0.4, -0.2) is 77.4 Å². The summed E-state index contributed by atoms with van der Waals surface area (Å²) >= 11 is 0. The van der Waals surface area contributed by atoms with Crippen LogP contribution in [-0.2, 0) is 29.2 Å². The molecule has 2 unspecified atom stereocenters. The Labute approximate surface area is 201 Å². The summed E-state index contributed by atoms with van der Waals surface area (Å²) < 4.78 is 2.03. The molecule has 1 aliphatic heterocycles. The van der Waals surface area contributed by atoms with Crippen LogP contribution in [0.3, 0.4) is 0 Å².